The molecule has 0 saturated heterocycles. The minimum absolute atomic E-state index is 0.188. The van der Waals surface area contributed by atoms with Crippen molar-refractivity contribution in [3.8, 4) is 11.1 Å². The van der Waals surface area contributed by atoms with E-state index in [9.17, 15) is 22.8 Å². The number of ether oxygens (including phenoxy) is 2. The second kappa shape index (κ2) is 13.3. The number of rotatable bonds is 9. The molecule has 1 amide bonds. The molecular weight excluding hydrogens is 627 g/mol. The van der Waals surface area contributed by atoms with Crippen molar-refractivity contribution < 1.29 is 32.2 Å². The molecule has 0 radical (unpaired) electrons. The van der Waals surface area contributed by atoms with Gasteiger partial charge < -0.3 is 14.8 Å². The van der Waals surface area contributed by atoms with Crippen LogP contribution in [0.1, 0.15) is 40.2 Å². The van der Waals surface area contributed by atoms with Gasteiger partial charge in [0.2, 0.25) is 0 Å². The van der Waals surface area contributed by atoms with E-state index in [0.717, 1.165) is 22.3 Å². The minimum atomic E-state index is -4.99. The first-order valence-corrected chi connectivity index (χ1v) is 15.3. The number of amides is 1. The van der Waals surface area contributed by atoms with Gasteiger partial charge in [0.25, 0.3) is 0 Å². The molecule has 1 aliphatic rings. The summed E-state index contributed by atoms with van der Waals surface area (Å²) in [6, 6.07) is 36.6. The van der Waals surface area contributed by atoms with Crippen molar-refractivity contribution in [1.29, 1.82) is 0 Å². The van der Waals surface area contributed by atoms with Crippen LogP contribution in [0.3, 0.4) is 0 Å². The highest BCUT2D eigenvalue weighted by Gasteiger charge is 2.46. The molecule has 9 heteroatoms. The van der Waals surface area contributed by atoms with Gasteiger partial charge in [0.15, 0.2) is 5.60 Å². The van der Waals surface area contributed by atoms with Crippen molar-refractivity contribution >= 4 is 23.7 Å². The van der Waals surface area contributed by atoms with E-state index in [1.807, 2.05) is 53.8 Å². The summed E-state index contributed by atoms with van der Waals surface area (Å²) >= 11 is 6.65. The first-order chi connectivity index (χ1) is 22.7. The highest BCUT2D eigenvalue weighted by atomic mass is 35.5. The normalized spacial score (nSPS) is 13.3. The summed E-state index contributed by atoms with van der Waals surface area (Å²) < 4.78 is 54.5. The highest BCUT2D eigenvalue weighted by molar-refractivity contribution is 6.31. The van der Waals surface area contributed by atoms with E-state index in [1.54, 1.807) is 84.9 Å². The predicted octanol–water partition coefficient (Wildman–Crippen LogP) is 9.03. The average Bonchev–Trinajstić information content (AvgIpc) is 3.40. The summed E-state index contributed by atoms with van der Waals surface area (Å²) in [6.07, 6.45) is -7.50. The maximum absolute atomic E-state index is 14.3. The Hall–Kier alpha value is -5.08. The van der Waals surface area contributed by atoms with Crippen molar-refractivity contribution in [3.63, 3.8) is 0 Å². The lowest BCUT2D eigenvalue weighted by molar-refractivity contribution is -0.173. The summed E-state index contributed by atoms with van der Waals surface area (Å²) in [5, 5.41) is 2.11. The number of alkyl halides is 3. The van der Waals surface area contributed by atoms with Gasteiger partial charge in [-0.05, 0) is 28.3 Å². The molecule has 5 nitrogen and oxygen atoms in total. The van der Waals surface area contributed by atoms with Crippen LogP contribution in [-0.2, 0) is 19.9 Å². The molecule has 0 aromatic heterocycles. The van der Waals surface area contributed by atoms with Crippen LogP contribution in [0.2, 0.25) is 5.02 Å². The van der Waals surface area contributed by atoms with Crippen LogP contribution < -0.4 is 5.32 Å². The Labute approximate surface area is 274 Å². The number of esters is 1. The number of carbonyl (C=O) groups excluding carboxylic acids is 2. The number of hydrogen-bond acceptors (Lipinski definition) is 4. The Morgan fingerprint density at radius 2 is 1.19 bits per heavy atom. The fraction of sp³-hybridized carbons (Fsp3) is 0.158. The molecule has 1 aliphatic carbocycles. The molecule has 0 bridgehead atoms. The molecule has 1 unspecified atom stereocenters. The smallest absolute Gasteiger partial charge is 0.409 e. The molecule has 5 aromatic rings. The lowest BCUT2D eigenvalue weighted by Gasteiger charge is -2.36. The number of benzene rings is 5. The summed E-state index contributed by atoms with van der Waals surface area (Å²) in [7, 11) is 0. The van der Waals surface area contributed by atoms with Gasteiger partial charge in [0.05, 0.1) is 6.42 Å². The predicted molar refractivity (Wildman–Crippen MR) is 173 cm³/mol. The first-order valence-electron chi connectivity index (χ1n) is 14.9. The lowest BCUT2D eigenvalue weighted by atomic mass is 9.80. The summed E-state index contributed by atoms with van der Waals surface area (Å²) in [4.78, 5) is 26.5. The van der Waals surface area contributed by atoms with Gasteiger partial charge in [0.1, 0.15) is 12.6 Å². The minimum Gasteiger partial charge on any atom is -0.449 e. The van der Waals surface area contributed by atoms with Crippen molar-refractivity contribution in [2.75, 3.05) is 6.61 Å². The van der Waals surface area contributed by atoms with E-state index < -0.39 is 36.3 Å². The second-order valence-corrected chi connectivity index (χ2v) is 11.5. The fourth-order valence-corrected chi connectivity index (χ4v) is 6.42. The first kappa shape index (κ1) is 31.9. The second-order valence-electron chi connectivity index (χ2n) is 11.1. The van der Waals surface area contributed by atoms with Crippen LogP contribution >= 0.6 is 11.6 Å². The molecule has 1 atom stereocenters. The van der Waals surface area contributed by atoms with Crippen LogP contribution in [0.15, 0.2) is 133 Å². The van der Waals surface area contributed by atoms with Crippen molar-refractivity contribution in [3.05, 3.63) is 166 Å². The average molecular weight is 656 g/mol. The van der Waals surface area contributed by atoms with E-state index in [-0.39, 0.29) is 17.5 Å². The van der Waals surface area contributed by atoms with Crippen LogP contribution in [0.5, 0.6) is 0 Å². The molecule has 5 aromatic carbocycles. The van der Waals surface area contributed by atoms with Crippen LogP contribution in [0, 0.1) is 0 Å². The lowest BCUT2D eigenvalue weighted by Crippen LogP contribution is -2.48. The largest absolute Gasteiger partial charge is 0.449 e. The topological polar surface area (TPSA) is 64.6 Å². The standard InChI is InChI=1S/C38H29ClF3NO4/c39-33-22-12-11-21-32(33)37(25-13-3-1-4-14-25,26-15-5-2-6-16-26)47-35(44)23-34(38(40,41)42)43-36(45)46-24-31-29-19-9-7-17-27(29)28-18-8-10-20-30(28)31/h1-22,31,34H,23-24H2,(H,43,45). The SMILES string of the molecule is O=C(CC(NC(=O)OCC1c2ccccc2-c2ccccc21)C(F)(F)F)OC(c1ccccc1)(c1ccccc1)c1ccccc1Cl. The molecule has 0 fully saturated rings. The van der Waals surface area contributed by atoms with E-state index in [2.05, 4.69) is 0 Å². The molecule has 238 valence electrons. The summed E-state index contributed by atoms with van der Waals surface area (Å²) in [6.45, 7) is -0.188. The number of carbonyl (C=O) groups is 2. The number of nitrogens with one attached hydrogen (secondary N) is 1. The van der Waals surface area contributed by atoms with Crippen molar-refractivity contribution in [2.24, 2.45) is 0 Å². The van der Waals surface area contributed by atoms with Crippen LogP contribution in [-0.4, -0.2) is 30.9 Å². The number of fused-ring (bicyclic) bond motifs is 3. The Bertz CT molecular complexity index is 1800. The molecule has 0 heterocycles. The van der Waals surface area contributed by atoms with Crippen LogP contribution in [0.4, 0.5) is 18.0 Å². The maximum atomic E-state index is 14.3. The highest BCUT2D eigenvalue weighted by Crippen LogP contribution is 2.45. The van der Waals surface area contributed by atoms with Gasteiger partial charge >= 0.3 is 18.2 Å². The Balaban J connectivity index is 1.24. The Morgan fingerprint density at radius 3 is 1.72 bits per heavy atom. The molecular formula is C38H29ClF3NO4. The zero-order valence-electron chi connectivity index (χ0n) is 24.9. The molecule has 0 aliphatic heterocycles. The third kappa shape index (κ3) is 6.46. The van der Waals surface area contributed by atoms with Gasteiger partial charge in [0, 0.05) is 27.6 Å². The Morgan fingerprint density at radius 1 is 0.702 bits per heavy atom. The number of hydrogen-bond donors (Lipinski definition) is 1. The van der Waals surface area contributed by atoms with Gasteiger partial charge in [-0.15, -0.1) is 0 Å². The van der Waals surface area contributed by atoms with Crippen LogP contribution in [0.25, 0.3) is 11.1 Å². The Kier molecular flexibility index (Phi) is 9.05. The molecule has 6 rings (SSSR count). The summed E-state index contributed by atoms with van der Waals surface area (Å²) in [5.74, 6) is -1.56. The molecule has 0 spiro atoms. The van der Waals surface area contributed by atoms with E-state index >= 15 is 0 Å². The van der Waals surface area contributed by atoms with Gasteiger partial charge in [-0.25, -0.2) is 4.79 Å². The monoisotopic (exact) mass is 655 g/mol. The zero-order valence-corrected chi connectivity index (χ0v) is 25.7. The maximum Gasteiger partial charge on any atom is 0.409 e. The third-order valence-electron chi connectivity index (χ3n) is 8.28. The van der Waals surface area contributed by atoms with Gasteiger partial charge in [-0.3, -0.25) is 4.79 Å². The van der Waals surface area contributed by atoms with Crippen molar-refractivity contribution in [2.45, 2.75) is 30.2 Å². The van der Waals surface area contributed by atoms with Crippen molar-refractivity contribution in [1.82, 2.24) is 5.32 Å². The quantitative estimate of drug-likeness (QED) is 0.127. The molecule has 1 N–H and O–H groups in total. The fourth-order valence-electron chi connectivity index (χ4n) is 6.15. The van der Waals surface area contributed by atoms with Gasteiger partial charge in [-0.1, -0.05) is 139 Å². The summed E-state index contributed by atoms with van der Waals surface area (Å²) in [5.41, 5.74) is 3.39. The van der Waals surface area contributed by atoms with E-state index in [0.29, 0.717) is 16.7 Å². The molecule has 0 saturated carbocycles. The third-order valence-corrected chi connectivity index (χ3v) is 8.61. The zero-order chi connectivity index (χ0) is 33.0. The van der Waals surface area contributed by atoms with E-state index in [1.165, 1.54) is 0 Å². The molecule has 47 heavy (non-hydrogen) atoms. The van der Waals surface area contributed by atoms with Gasteiger partial charge in [-0.2, -0.15) is 13.2 Å². The number of halogens is 4. The number of alkyl carbamates (subject to hydrolysis) is 1. The van der Waals surface area contributed by atoms with E-state index in [4.69, 9.17) is 21.1 Å².